The Kier molecular flexibility index (Phi) is 6.77. The molecular weight excluding hydrogens is 458 g/mol. The summed E-state index contributed by atoms with van der Waals surface area (Å²) < 4.78 is 11.6. The third-order valence-corrected chi connectivity index (χ3v) is 6.98. The van der Waals surface area contributed by atoms with Gasteiger partial charge in [-0.25, -0.2) is 4.98 Å². The number of ether oxygens (including phenoxy) is 2. The van der Waals surface area contributed by atoms with Gasteiger partial charge >= 0.3 is 0 Å². The molecule has 0 unspecified atom stereocenters. The fourth-order valence-electron chi connectivity index (χ4n) is 4.09. The van der Waals surface area contributed by atoms with E-state index in [0.717, 1.165) is 44.7 Å². The molecule has 1 aliphatic heterocycles. The summed E-state index contributed by atoms with van der Waals surface area (Å²) in [6, 6.07) is 19.9. The van der Waals surface area contributed by atoms with Crippen LogP contribution < -0.4 is 14.4 Å². The molecule has 35 heavy (non-hydrogen) atoms. The number of hydrogen-bond donors (Lipinski definition) is 0. The summed E-state index contributed by atoms with van der Waals surface area (Å²) in [6.45, 7) is 5.33. The highest BCUT2D eigenvalue weighted by molar-refractivity contribution is 7.15. The molecule has 0 saturated carbocycles. The zero-order chi connectivity index (χ0) is 24.2. The second kappa shape index (κ2) is 10.3. The molecule has 1 amide bonds. The van der Waals surface area contributed by atoms with Crippen molar-refractivity contribution in [3.8, 4) is 33.5 Å². The van der Waals surface area contributed by atoms with Crippen LogP contribution in [0, 0.1) is 6.92 Å². The van der Waals surface area contributed by atoms with Gasteiger partial charge in [-0.15, -0.1) is 11.3 Å². The molecule has 0 fully saturated rings. The summed E-state index contributed by atoms with van der Waals surface area (Å²) in [6.07, 6.45) is 3.49. The molecule has 2 aromatic heterocycles. The van der Waals surface area contributed by atoms with Gasteiger partial charge in [0.2, 0.25) is 0 Å². The lowest BCUT2D eigenvalue weighted by atomic mass is 10.1. The summed E-state index contributed by atoms with van der Waals surface area (Å²) in [5.41, 5.74) is 4.77. The minimum absolute atomic E-state index is 0.0469. The first-order chi connectivity index (χ1) is 17.1. The Morgan fingerprint density at radius 1 is 1.11 bits per heavy atom. The molecule has 0 spiro atoms. The number of carbonyl (C=O) groups is 1. The minimum Gasteiger partial charge on any atom is -0.494 e. The first-order valence-corrected chi connectivity index (χ1v) is 12.6. The fraction of sp³-hybridized carbons (Fsp3) is 0.250. The number of rotatable bonds is 8. The Balaban J connectivity index is 1.32. The zero-order valence-electron chi connectivity index (χ0n) is 19.9. The molecule has 0 N–H and O–H groups in total. The van der Waals surface area contributed by atoms with Crippen LogP contribution in [0.3, 0.4) is 0 Å². The number of benzene rings is 2. The highest BCUT2D eigenvalue weighted by atomic mass is 32.1. The average Bonchev–Trinajstić information content (AvgIpc) is 3.29. The highest BCUT2D eigenvalue weighted by Crippen LogP contribution is 2.39. The number of aryl methyl sites for hydroxylation is 2. The van der Waals surface area contributed by atoms with Crippen molar-refractivity contribution in [1.82, 2.24) is 9.97 Å². The van der Waals surface area contributed by atoms with Gasteiger partial charge in [-0.2, -0.15) is 0 Å². The van der Waals surface area contributed by atoms with E-state index in [1.807, 2.05) is 48.5 Å². The second-order valence-electron chi connectivity index (χ2n) is 8.35. The van der Waals surface area contributed by atoms with Crippen molar-refractivity contribution in [2.24, 2.45) is 0 Å². The van der Waals surface area contributed by atoms with E-state index in [4.69, 9.17) is 14.5 Å². The number of anilines is 1. The van der Waals surface area contributed by atoms with Gasteiger partial charge < -0.3 is 14.4 Å². The molecule has 1 aliphatic rings. The number of aromatic nitrogens is 2. The van der Waals surface area contributed by atoms with E-state index in [-0.39, 0.29) is 12.5 Å². The largest absolute Gasteiger partial charge is 0.494 e. The predicted octanol–water partition coefficient (Wildman–Crippen LogP) is 5.94. The molecule has 3 heterocycles. The molecule has 0 radical (unpaired) electrons. The summed E-state index contributed by atoms with van der Waals surface area (Å²) in [4.78, 5) is 24.9. The van der Waals surface area contributed by atoms with E-state index in [2.05, 4.69) is 31.0 Å². The zero-order valence-corrected chi connectivity index (χ0v) is 20.7. The average molecular weight is 486 g/mol. The quantitative estimate of drug-likeness (QED) is 0.289. The van der Waals surface area contributed by atoms with E-state index in [0.29, 0.717) is 25.3 Å². The highest BCUT2D eigenvalue weighted by Gasteiger charge is 2.26. The molecule has 0 bridgehead atoms. The van der Waals surface area contributed by atoms with Crippen LogP contribution in [0.25, 0.3) is 22.0 Å². The SMILES string of the molecule is CCc1ccc(OCCCN2C(=O)COc3ccc(-c4nc(-c5ccccn5)sc4C)cc32)cc1. The molecule has 0 atom stereocenters. The Morgan fingerprint density at radius 2 is 1.97 bits per heavy atom. The van der Waals surface area contributed by atoms with Gasteiger partial charge in [-0.1, -0.05) is 25.1 Å². The molecule has 6 nitrogen and oxygen atoms in total. The fourth-order valence-corrected chi connectivity index (χ4v) is 5.00. The van der Waals surface area contributed by atoms with Gasteiger partial charge in [-0.3, -0.25) is 9.78 Å². The normalized spacial score (nSPS) is 12.9. The van der Waals surface area contributed by atoms with Crippen molar-refractivity contribution in [2.75, 3.05) is 24.7 Å². The van der Waals surface area contributed by atoms with E-state index in [1.54, 1.807) is 22.4 Å². The van der Waals surface area contributed by atoms with E-state index in [9.17, 15) is 4.79 Å². The lowest BCUT2D eigenvalue weighted by Gasteiger charge is -2.29. The van der Waals surface area contributed by atoms with E-state index >= 15 is 0 Å². The number of thiazole rings is 1. The molecule has 0 saturated heterocycles. The Bertz CT molecular complexity index is 1320. The molecule has 0 aliphatic carbocycles. The molecule has 178 valence electrons. The van der Waals surface area contributed by atoms with Crippen LogP contribution in [0.4, 0.5) is 5.69 Å². The maximum Gasteiger partial charge on any atom is 0.265 e. The first kappa shape index (κ1) is 23.1. The number of hydrogen-bond acceptors (Lipinski definition) is 6. The smallest absolute Gasteiger partial charge is 0.265 e. The van der Waals surface area contributed by atoms with Crippen LogP contribution in [-0.4, -0.2) is 35.6 Å². The second-order valence-corrected chi connectivity index (χ2v) is 9.56. The predicted molar refractivity (Wildman–Crippen MR) is 139 cm³/mol. The van der Waals surface area contributed by atoms with Crippen LogP contribution in [0.15, 0.2) is 66.9 Å². The maximum atomic E-state index is 12.7. The van der Waals surface area contributed by atoms with Crippen LogP contribution in [0.1, 0.15) is 23.8 Å². The van der Waals surface area contributed by atoms with Gasteiger partial charge in [0.1, 0.15) is 16.5 Å². The molecule has 7 heteroatoms. The van der Waals surface area contributed by atoms with E-state index < -0.39 is 0 Å². The molecule has 4 aromatic rings. The summed E-state index contributed by atoms with van der Waals surface area (Å²) in [7, 11) is 0. The number of carbonyl (C=O) groups excluding carboxylic acids is 1. The van der Waals surface area contributed by atoms with Crippen molar-refractivity contribution in [3.63, 3.8) is 0 Å². The molecule has 5 rings (SSSR count). The van der Waals surface area contributed by atoms with Crippen molar-refractivity contribution in [2.45, 2.75) is 26.7 Å². The molecule has 2 aromatic carbocycles. The van der Waals surface area contributed by atoms with E-state index in [1.165, 1.54) is 5.56 Å². The first-order valence-electron chi connectivity index (χ1n) is 11.8. The van der Waals surface area contributed by atoms with Crippen LogP contribution in [0.5, 0.6) is 11.5 Å². The monoisotopic (exact) mass is 485 g/mol. The number of pyridine rings is 1. The van der Waals surface area contributed by atoms with Crippen molar-refractivity contribution in [1.29, 1.82) is 0 Å². The summed E-state index contributed by atoms with van der Waals surface area (Å²) in [5.74, 6) is 1.51. The van der Waals surface area contributed by atoms with Gasteiger partial charge in [0.25, 0.3) is 5.91 Å². The number of fused-ring (bicyclic) bond motifs is 1. The van der Waals surface area contributed by atoms with Crippen molar-refractivity contribution in [3.05, 3.63) is 77.3 Å². The number of amides is 1. The maximum absolute atomic E-state index is 12.7. The topological polar surface area (TPSA) is 64.5 Å². The molecular formula is C28H27N3O3S. The third-order valence-electron chi connectivity index (χ3n) is 5.98. The van der Waals surface area contributed by atoms with Gasteiger partial charge in [0.05, 0.1) is 23.7 Å². The van der Waals surface area contributed by atoms with Gasteiger partial charge in [0.15, 0.2) is 6.61 Å². The Labute approximate surface area is 209 Å². The minimum atomic E-state index is -0.0499. The lowest BCUT2D eigenvalue weighted by molar-refractivity contribution is -0.121. The van der Waals surface area contributed by atoms with Crippen LogP contribution in [0.2, 0.25) is 0 Å². The standard InChI is InChI=1S/C28H27N3O3S/c1-3-20-8-11-22(12-9-20)33-16-6-15-31-24-17-21(10-13-25(24)34-18-26(31)32)27-19(2)35-28(30-27)23-7-4-5-14-29-23/h4-5,7-14,17H,3,6,15-16,18H2,1-2H3. The van der Waals surface area contributed by atoms with Crippen LogP contribution in [-0.2, 0) is 11.2 Å². The van der Waals surface area contributed by atoms with Gasteiger partial charge in [-0.05, 0) is 67.8 Å². The Morgan fingerprint density at radius 3 is 2.74 bits per heavy atom. The van der Waals surface area contributed by atoms with Gasteiger partial charge in [0, 0.05) is 23.2 Å². The Hall–Kier alpha value is -3.71. The number of nitrogens with zero attached hydrogens (tertiary/aromatic N) is 3. The van der Waals surface area contributed by atoms with Crippen molar-refractivity contribution >= 4 is 22.9 Å². The summed E-state index contributed by atoms with van der Waals surface area (Å²) >= 11 is 1.62. The van der Waals surface area contributed by atoms with Crippen LogP contribution >= 0.6 is 11.3 Å². The summed E-state index contributed by atoms with van der Waals surface area (Å²) in [5, 5.41) is 0.879. The third kappa shape index (κ3) is 5.05. The van der Waals surface area contributed by atoms with Crippen molar-refractivity contribution < 1.29 is 14.3 Å². The lowest BCUT2D eigenvalue weighted by Crippen LogP contribution is -2.39.